The Morgan fingerprint density at radius 3 is 2.66 bits per heavy atom. The quantitative estimate of drug-likeness (QED) is 0.671. The first-order valence-electron chi connectivity index (χ1n) is 10.7. The van der Waals surface area contributed by atoms with Crippen molar-refractivity contribution in [2.75, 3.05) is 26.0 Å². The van der Waals surface area contributed by atoms with Crippen molar-refractivity contribution in [1.29, 1.82) is 0 Å². The average Bonchev–Trinajstić information content (AvgIpc) is 2.73. The van der Waals surface area contributed by atoms with Crippen LogP contribution in [0.1, 0.15) is 38.5 Å². The lowest BCUT2D eigenvalue weighted by Gasteiger charge is -2.34. The lowest BCUT2D eigenvalue weighted by Crippen LogP contribution is -2.46. The molecule has 1 aromatic carbocycles. The fourth-order valence-corrected chi connectivity index (χ4v) is 4.61. The molecule has 2 N–H and O–H groups in total. The molecular formula is C24H31ClN4. The molecule has 2 atom stereocenters. The highest BCUT2D eigenvalue weighted by molar-refractivity contribution is 6.31. The summed E-state index contributed by atoms with van der Waals surface area (Å²) < 4.78 is 0. The number of allylic oxidation sites excluding steroid dienone is 3. The standard InChI is InChI=1S/C24H31ClN4/c1-29(2)19-10-7-17(8-11-19)16-27-22-5-3-4-6-23(22)28-21-13-14-26-24-15-18(25)9-12-20(21)24/h7,9-10,12-15,22-23,27H,3-6,8,11,16H2,1-2H3,(H,26,28)/t22-,23-/m0/s1. The Bertz CT molecular complexity index is 918. The molecule has 0 bridgehead atoms. The maximum Gasteiger partial charge on any atom is 0.0737 e. The molecule has 0 unspecified atom stereocenters. The average molecular weight is 411 g/mol. The third-order valence-corrected chi connectivity index (χ3v) is 6.43. The number of anilines is 1. The van der Waals surface area contributed by atoms with Crippen molar-refractivity contribution in [1.82, 2.24) is 15.2 Å². The van der Waals surface area contributed by atoms with E-state index in [1.54, 1.807) is 0 Å². The number of fused-ring (bicyclic) bond motifs is 1. The van der Waals surface area contributed by atoms with Crippen molar-refractivity contribution in [2.45, 2.75) is 50.6 Å². The van der Waals surface area contributed by atoms with Gasteiger partial charge in [0.2, 0.25) is 0 Å². The summed E-state index contributed by atoms with van der Waals surface area (Å²) in [5.74, 6) is 0. The largest absolute Gasteiger partial charge is 0.381 e. The van der Waals surface area contributed by atoms with Gasteiger partial charge in [-0.15, -0.1) is 0 Å². The maximum atomic E-state index is 6.14. The van der Waals surface area contributed by atoms with Crippen LogP contribution < -0.4 is 10.6 Å². The normalized spacial score (nSPS) is 22.2. The van der Waals surface area contributed by atoms with E-state index in [0.717, 1.165) is 41.0 Å². The number of rotatable bonds is 6. The fourth-order valence-electron chi connectivity index (χ4n) is 4.45. The van der Waals surface area contributed by atoms with Gasteiger partial charge in [-0.25, -0.2) is 0 Å². The molecule has 4 nitrogen and oxygen atoms in total. The van der Waals surface area contributed by atoms with Crippen LogP contribution in [0.4, 0.5) is 5.69 Å². The van der Waals surface area contributed by atoms with Crippen molar-refractivity contribution in [3.8, 4) is 0 Å². The first-order chi connectivity index (χ1) is 14.1. The van der Waals surface area contributed by atoms with Crippen LogP contribution in [0.5, 0.6) is 0 Å². The van der Waals surface area contributed by atoms with E-state index in [2.05, 4.69) is 58.9 Å². The molecule has 1 saturated carbocycles. The predicted molar refractivity (Wildman–Crippen MR) is 124 cm³/mol. The second kappa shape index (κ2) is 9.19. The van der Waals surface area contributed by atoms with Gasteiger partial charge in [-0.1, -0.05) is 36.1 Å². The zero-order valence-electron chi connectivity index (χ0n) is 17.4. The first kappa shape index (κ1) is 20.2. The summed E-state index contributed by atoms with van der Waals surface area (Å²) in [5.41, 5.74) is 5.01. The molecule has 0 saturated heterocycles. The number of hydrogen-bond acceptors (Lipinski definition) is 4. The maximum absolute atomic E-state index is 6.14. The van der Waals surface area contributed by atoms with Crippen LogP contribution in [-0.2, 0) is 0 Å². The van der Waals surface area contributed by atoms with Gasteiger partial charge < -0.3 is 15.5 Å². The molecule has 2 aromatic rings. The van der Waals surface area contributed by atoms with Crippen molar-refractivity contribution in [2.24, 2.45) is 0 Å². The highest BCUT2D eigenvalue weighted by atomic mass is 35.5. The molecule has 0 amide bonds. The van der Waals surface area contributed by atoms with E-state index in [1.165, 1.54) is 37.0 Å². The van der Waals surface area contributed by atoms with E-state index in [-0.39, 0.29) is 0 Å². The molecule has 29 heavy (non-hydrogen) atoms. The summed E-state index contributed by atoms with van der Waals surface area (Å²) in [6, 6.07) is 8.95. The smallest absolute Gasteiger partial charge is 0.0737 e. The van der Waals surface area contributed by atoms with Crippen LogP contribution in [0.3, 0.4) is 0 Å². The summed E-state index contributed by atoms with van der Waals surface area (Å²) in [4.78, 5) is 6.69. The number of aromatic nitrogens is 1. The Kier molecular flexibility index (Phi) is 6.41. The van der Waals surface area contributed by atoms with E-state index < -0.39 is 0 Å². The molecule has 0 radical (unpaired) electrons. The second-order valence-corrected chi connectivity index (χ2v) is 8.86. The highest BCUT2D eigenvalue weighted by Crippen LogP contribution is 2.28. The number of hydrogen-bond donors (Lipinski definition) is 2. The number of nitrogens with one attached hydrogen (secondary N) is 2. The zero-order valence-corrected chi connectivity index (χ0v) is 18.2. The van der Waals surface area contributed by atoms with Gasteiger partial charge in [-0.2, -0.15) is 0 Å². The van der Waals surface area contributed by atoms with Gasteiger partial charge in [0.1, 0.15) is 0 Å². The van der Waals surface area contributed by atoms with E-state index in [9.17, 15) is 0 Å². The summed E-state index contributed by atoms with van der Waals surface area (Å²) in [7, 11) is 4.25. The number of nitrogens with zero attached hydrogens (tertiary/aromatic N) is 2. The molecule has 1 aromatic heterocycles. The summed E-state index contributed by atoms with van der Waals surface area (Å²) >= 11 is 6.14. The van der Waals surface area contributed by atoms with Gasteiger partial charge in [-0.3, -0.25) is 4.98 Å². The second-order valence-electron chi connectivity index (χ2n) is 8.42. The monoisotopic (exact) mass is 410 g/mol. The van der Waals surface area contributed by atoms with Gasteiger partial charge in [0, 0.05) is 60.7 Å². The molecule has 2 aliphatic carbocycles. The Morgan fingerprint density at radius 2 is 1.90 bits per heavy atom. The van der Waals surface area contributed by atoms with Gasteiger partial charge >= 0.3 is 0 Å². The van der Waals surface area contributed by atoms with Crippen LogP contribution in [0, 0.1) is 0 Å². The third-order valence-electron chi connectivity index (χ3n) is 6.19. The van der Waals surface area contributed by atoms with Gasteiger partial charge in [-0.05, 0) is 56.0 Å². The van der Waals surface area contributed by atoms with Crippen LogP contribution in [-0.4, -0.2) is 42.6 Å². The topological polar surface area (TPSA) is 40.2 Å². The van der Waals surface area contributed by atoms with Crippen molar-refractivity contribution >= 4 is 28.2 Å². The van der Waals surface area contributed by atoms with Crippen LogP contribution in [0.25, 0.3) is 10.9 Å². The van der Waals surface area contributed by atoms with Crippen molar-refractivity contribution in [3.63, 3.8) is 0 Å². The van der Waals surface area contributed by atoms with Crippen LogP contribution in [0.15, 0.2) is 53.9 Å². The van der Waals surface area contributed by atoms with Crippen molar-refractivity contribution < 1.29 is 0 Å². The minimum absolute atomic E-state index is 0.432. The first-order valence-corrected chi connectivity index (χ1v) is 11.1. The van der Waals surface area contributed by atoms with E-state index in [1.807, 2.05) is 18.3 Å². The van der Waals surface area contributed by atoms with E-state index >= 15 is 0 Å². The Morgan fingerprint density at radius 1 is 1.07 bits per heavy atom. The van der Waals surface area contributed by atoms with Gasteiger partial charge in [0.05, 0.1) is 5.52 Å². The molecule has 2 aliphatic rings. The molecule has 1 heterocycles. The van der Waals surface area contributed by atoms with Gasteiger partial charge in [0.15, 0.2) is 0 Å². The fraction of sp³-hybridized carbons (Fsp3) is 0.458. The van der Waals surface area contributed by atoms with Crippen molar-refractivity contribution in [3.05, 3.63) is 58.9 Å². The molecule has 1 fully saturated rings. The Balaban J connectivity index is 1.43. The van der Waals surface area contributed by atoms with E-state index in [0.29, 0.717) is 12.1 Å². The predicted octanol–water partition coefficient (Wildman–Crippen LogP) is 5.37. The molecule has 0 spiro atoms. The zero-order chi connectivity index (χ0) is 20.2. The molecule has 0 aliphatic heterocycles. The SMILES string of the molecule is CN(C)C1=CC=C(CN[C@H]2CCCC[C@@H]2Nc2ccnc3cc(Cl)ccc23)CC1. The lowest BCUT2D eigenvalue weighted by molar-refractivity contribution is 0.350. The minimum atomic E-state index is 0.432. The van der Waals surface area contributed by atoms with Crippen LogP contribution >= 0.6 is 11.6 Å². The molecule has 154 valence electrons. The Hall–Kier alpha value is -2.04. The minimum Gasteiger partial charge on any atom is -0.381 e. The number of benzene rings is 1. The summed E-state index contributed by atoms with van der Waals surface area (Å²) in [6.07, 6.45) is 13.7. The van der Waals surface area contributed by atoms with Crippen LogP contribution in [0.2, 0.25) is 5.02 Å². The lowest BCUT2D eigenvalue weighted by atomic mass is 9.89. The number of halogens is 1. The van der Waals surface area contributed by atoms with E-state index in [4.69, 9.17) is 11.6 Å². The van der Waals surface area contributed by atoms with Gasteiger partial charge in [0.25, 0.3) is 0 Å². The Labute approximate surface area is 179 Å². The number of pyridine rings is 1. The highest BCUT2D eigenvalue weighted by Gasteiger charge is 2.25. The third kappa shape index (κ3) is 4.93. The molecule has 4 rings (SSSR count). The molecular weight excluding hydrogens is 380 g/mol. The summed E-state index contributed by atoms with van der Waals surface area (Å²) in [5, 5.41) is 9.54. The summed E-state index contributed by atoms with van der Waals surface area (Å²) in [6.45, 7) is 0.979. The molecule has 5 heteroatoms.